The molecule has 0 amide bonds. The summed E-state index contributed by atoms with van der Waals surface area (Å²) in [7, 11) is 0. The van der Waals surface area contributed by atoms with Crippen molar-refractivity contribution < 1.29 is 0 Å². The predicted octanol–water partition coefficient (Wildman–Crippen LogP) is 1.22. The lowest BCUT2D eigenvalue weighted by atomic mass is 9.91. The third kappa shape index (κ3) is 3.28. The molecule has 0 bridgehead atoms. The molecule has 1 atom stereocenters. The van der Waals surface area contributed by atoms with E-state index in [0.29, 0.717) is 6.04 Å². The van der Waals surface area contributed by atoms with Crippen molar-refractivity contribution in [1.82, 2.24) is 10.2 Å². The third-order valence-corrected chi connectivity index (χ3v) is 2.97. The number of piperazine rings is 1. The molecule has 1 fully saturated rings. The van der Waals surface area contributed by atoms with E-state index in [2.05, 4.69) is 23.2 Å². The maximum absolute atomic E-state index is 8.91. The van der Waals surface area contributed by atoms with Crippen molar-refractivity contribution in [2.24, 2.45) is 5.41 Å². The molecule has 1 rings (SSSR count). The van der Waals surface area contributed by atoms with Gasteiger partial charge in [0, 0.05) is 32.2 Å². The SMILES string of the molecule is CC1CNCCN1CCC(C)(C)C#N. The Kier molecular flexibility index (Phi) is 3.91. The van der Waals surface area contributed by atoms with Gasteiger partial charge < -0.3 is 5.32 Å². The molecule has 1 N–H and O–H groups in total. The molecule has 3 nitrogen and oxygen atoms in total. The summed E-state index contributed by atoms with van der Waals surface area (Å²) >= 11 is 0. The maximum Gasteiger partial charge on any atom is 0.0684 e. The van der Waals surface area contributed by atoms with Crippen molar-refractivity contribution in [1.29, 1.82) is 5.26 Å². The van der Waals surface area contributed by atoms with Gasteiger partial charge in [-0.05, 0) is 27.2 Å². The molecular weight excluding hydrogens is 174 g/mol. The van der Waals surface area contributed by atoms with Crippen LogP contribution in [0.4, 0.5) is 0 Å². The Balaban J connectivity index is 2.33. The van der Waals surface area contributed by atoms with Crippen LogP contribution in [-0.4, -0.2) is 37.1 Å². The molecule has 0 aromatic heterocycles. The third-order valence-electron chi connectivity index (χ3n) is 2.97. The molecule has 0 spiro atoms. The van der Waals surface area contributed by atoms with E-state index >= 15 is 0 Å². The van der Waals surface area contributed by atoms with Crippen molar-refractivity contribution >= 4 is 0 Å². The van der Waals surface area contributed by atoms with Gasteiger partial charge in [0.2, 0.25) is 0 Å². The molecular formula is C11H21N3. The van der Waals surface area contributed by atoms with Crippen LogP contribution in [0.15, 0.2) is 0 Å². The van der Waals surface area contributed by atoms with E-state index in [0.717, 1.165) is 32.6 Å². The largest absolute Gasteiger partial charge is 0.314 e. The first-order valence-electron chi connectivity index (χ1n) is 5.41. The van der Waals surface area contributed by atoms with Gasteiger partial charge in [0.1, 0.15) is 0 Å². The summed E-state index contributed by atoms with van der Waals surface area (Å²) in [6, 6.07) is 2.96. The number of rotatable bonds is 3. The molecule has 1 saturated heterocycles. The molecule has 80 valence electrons. The second-order valence-corrected chi connectivity index (χ2v) is 4.83. The van der Waals surface area contributed by atoms with Crippen molar-refractivity contribution in [2.75, 3.05) is 26.2 Å². The first-order chi connectivity index (χ1) is 6.55. The second-order valence-electron chi connectivity index (χ2n) is 4.83. The highest BCUT2D eigenvalue weighted by Gasteiger charge is 2.22. The van der Waals surface area contributed by atoms with Crippen molar-refractivity contribution in [3.63, 3.8) is 0 Å². The van der Waals surface area contributed by atoms with Crippen LogP contribution in [0, 0.1) is 16.7 Å². The number of nitrogens with one attached hydrogen (secondary N) is 1. The standard InChI is InChI=1S/C11H21N3/c1-10-8-13-5-7-14(10)6-4-11(2,3)9-12/h10,13H,4-8H2,1-3H3. The van der Waals surface area contributed by atoms with E-state index in [1.165, 1.54) is 0 Å². The summed E-state index contributed by atoms with van der Waals surface area (Å²) in [6.07, 6.45) is 0.966. The summed E-state index contributed by atoms with van der Waals surface area (Å²) in [5.74, 6) is 0. The zero-order valence-corrected chi connectivity index (χ0v) is 9.51. The molecule has 0 aliphatic carbocycles. The molecule has 0 aromatic rings. The van der Waals surface area contributed by atoms with Crippen LogP contribution in [0.25, 0.3) is 0 Å². The summed E-state index contributed by atoms with van der Waals surface area (Å²) < 4.78 is 0. The summed E-state index contributed by atoms with van der Waals surface area (Å²) in [5, 5.41) is 12.3. The molecule has 1 heterocycles. The molecule has 1 aliphatic rings. The Bertz CT molecular complexity index is 217. The summed E-state index contributed by atoms with van der Waals surface area (Å²) in [5.41, 5.74) is -0.176. The monoisotopic (exact) mass is 195 g/mol. The minimum atomic E-state index is -0.176. The normalized spacial score (nSPS) is 24.6. The van der Waals surface area contributed by atoms with Crippen LogP contribution in [0.5, 0.6) is 0 Å². The fourth-order valence-corrected chi connectivity index (χ4v) is 1.69. The van der Waals surface area contributed by atoms with Crippen LogP contribution in [0.2, 0.25) is 0 Å². The van der Waals surface area contributed by atoms with Gasteiger partial charge in [-0.15, -0.1) is 0 Å². The van der Waals surface area contributed by atoms with Crippen molar-refractivity contribution in [2.45, 2.75) is 33.2 Å². The fourth-order valence-electron chi connectivity index (χ4n) is 1.69. The highest BCUT2D eigenvalue weighted by molar-refractivity contribution is 4.92. The number of hydrogen-bond donors (Lipinski definition) is 1. The predicted molar refractivity (Wildman–Crippen MR) is 57.9 cm³/mol. The van der Waals surface area contributed by atoms with E-state index in [1.807, 2.05) is 13.8 Å². The van der Waals surface area contributed by atoms with Gasteiger partial charge in [-0.2, -0.15) is 5.26 Å². The van der Waals surface area contributed by atoms with Crippen molar-refractivity contribution in [3.8, 4) is 6.07 Å². The Morgan fingerprint density at radius 3 is 2.86 bits per heavy atom. The van der Waals surface area contributed by atoms with Gasteiger partial charge in [0.15, 0.2) is 0 Å². The Hall–Kier alpha value is -0.590. The van der Waals surface area contributed by atoms with Crippen LogP contribution in [0.1, 0.15) is 27.2 Å². The Morgan fingerprint density at radius 1 is 1.57 bits per heavy atom. The average Bonchev–Trinajstić information content (AvgIpc) is 2.17. The van der Waals surface area contributed by atoms with Crippen LogP contribution < -0.4 is 5.32 Å². The first-order valence-corrected chi connectivity index (χ1v) is 5.41. The minimum Gasteiger partial charge on any atom is -0.314 e. The average molecular weight is 195 g/mol. The molecule has 1 aliphatic heterocycles. The fraction of sp³-hybridized carbons (Fsp3) is 0.909. The van der Waals surface area contributed by atoms with E-state index in [-0.39, 0.29) is 5.41 Å². The molecule has 0 aromatic carbocycles. The molecule has 1 unspecified atom stereocenters. The van der Waals surface area contributed by atoms with Crippen LogP contribution in [0.3, 0.4) is 0 Å². The van der Waals surface area contributed by atoms with Gasteiger partial charge in [0.05, 0.1) is 11.5 Å². The van der Waals surface area contributed by atoms with Gasteiger partial charge >= 0.3 is 0 Å². The first kappa shape index (κ1) is 11.5. The van der Waals surface area contributed by atoms with E-state index in [1.54, 1.807) is 0 Å². The van der Waals surface area contributed by atoms with Gasteiger partial charge in [-0.1, -0.05) is 0 Å². The summed E-state index contributed by atoms with van der Waals surface area (Å²) in [6.45, 7) is 10.6. The zero-order chi connectivity index (χ0) is 10.6. The summed E-state index contributed by atoms with van der Waals surface area (Å²) in [4.78, 5) is 2.47. The molecule has 3 heteroatoms. The van der Waals surface area contributed by atoms with E-state index in [4.69, 9.17) is 5.26 Å². The van der Waals surface area contributed by atoms with Gasteiger partial charge in [0.25, 0.3) is 0 Å². The number of nitrogens with zero attached hydrogens (tertiary/aromatic N) is 2. The van der Waals surface area contributed by atoms with Crippen LogP contribution >= 0.6 is 0 Å². The van der Waals surface area contributed by atoms with Crippen molar-refractivity contribution in [3.05, 3.63) is 0 Å². The van der Waals surface area contributed by atoms with Gasteiger partial charge in [-0.25, -0.2) is 0 Å². The highest BCUT2D eigenvalue weighted by atomic mass is 15.2. The molecule has 0 radical (unpaired) electrons. The number of hydrogen-bond acceptors (Lipinski definition) is 3. The lowest BCUT2D eigenvalue weighted by Gasteiger charge is -2.35. The van der Waals surface area contributed by atoms with E-state index < -0.39 is 0 Å². The highest BCUT2D eigenvalue weighted by Crippen LogP contribution is 2.19. The topological polar surface area (TPSA) is 39.1 Å². The second kappa shape index (κ2) is 4.77. The number of nitriles is 1. The minimum absolute atomic E-state index is 0.176. The van der Waals surface area contributed by atoms with E-state index in [9.17, 15) is 0 Å². The van der Waals surface area contributed by atoms with Crippen LogP contribution in [-0.2, 0) is 0 Å². The molecule has 0 saturated carbocycles. The zero-order valence-electron chi connectivity index (χ0n) is 9.51. The smallest absolute Gasteiger partial charge is 0.0684 e. The molecule has 14 heavy (non-hydrogen) atoms. The van der Waals surface area contributed by atoms with Gasteiger partial charge in [-0.3, -0.25) is 4.90 Å². The quantitative estimate of drug-likeness (QED) is 0.736. The maximum atomic E-state index is 8.91. The lowest BCUT2D eigenvalue weighted by Crippen LogP contribution is -2.50. The Morgan fingerprint density at radius 2 is 2.29 bits per heavy atom. The Labute approximate surface area is 87.1 Å². The lowest BCUT2D eigenvalue weighted by molar-refractivity contribution is 0.158.